The first-order valence-electron chi connectivity index (χ1n) is 8.11. The van der Waals surface area contributed by atoms with Gasteiger partial charge in [-0.15, -0.1) is 0 Å². The predicted molar refractivity (Wildman–Crippen MR) is 95.7 cm³/mol. The van der Waals surface area contributed by atoms with Crippen molar-refractivity contribution in [2.24, 2.45) is 0 Å². The van der Waals surface area contributed by atoms with Gasteiger partial charge >= 0.3 is 0 Å². The van der Waals surface area contributed by atoms with Crippen molar-refractivity contribution in [2.45, 2.75) is 12.8 Å². The molecule has 1 aliphatic rings. The van der Waals surface area contributed by atoms with E-state index in [-0.39, 0.29) is 10.6 Å². The van der Waals surface area contributed by atoms with Gasteiger partial charge < -0.3 is 4.90 Å². The summed E-state index contributed by atoms with van der Waals surface area (Å²) in [5.74, 6) is 0. The van der Waals surface area contributed by atoms with Crippen LogP contribution in [0.5, 0.6) is 0 Å². The van der Waals surface area contributed by atoms with E-state index in [1.54, 1.807) is 12.3 Å². The molecular formula is C19H17N3O2. The van der Waals surface area contributed by atoms with Gasteiger partial charge in [-0.2, -0.15) is 0 Å². The third kappa shape index (κ3) is 2.48. The Labute approximate surface area is 139 Å². The molecule has 1 aromatic heterocycles. The SMILES string of the molecule is O=[N+]([O-])c1c(/C=C/N2CCCC2)ccc2ncc3ccccc3c12. The van der Waals surface area contributed by atoms with E-state index in [0.717, 1.165) is 23.9 Å². The third-order valence-corrected chi connectivity index (χ3v) is 4.55. The van der Waals surface area contributed by atoms with E-state index in [1.807, 2.05) is 42.6 Å². The van der Waals surface area contributed by atoms with Crippen LogP contribution in [0.3, 0.4) is 0 Å². The molecule has 24 heavy (non-hydrogen) atoms. The fraction of sp³-hybridized carbons (Fsp3) is 0.211. The zero-order chi connectivity index (χ0) is 16.5. The van der Waals surface area contributed by atoms with Crippen molar-refractivity contribution >= 4 is 33.4 Å². The minimum absolute atomic E-state index is 0.132. The maximum Gasteiger partial charge on any atom is 0.286 e. The van der Waals surface area contributed by atoms with Crippen molar-refractivity contribution in [2.75, 3.05) is 13.1 Å². The largest absolute Gasteiger partial charge is 0.377 e. The Morgan fingerprint density at radius 2 is 1.92 bits per heavy atom. The van der Waals surface area contributed by atoms with Crippen LogP contribution in [0, 0.1) is 10.1 Å². The molecule has 0 bridgehead atoms. The molecule has 1 fully saturated rings. The van der Waals surface area contributed by atoms with E-state index < -0.39 is 0 Å². The van der Waals surface area contributed by atoms with Crippen LogP contribution < -0.4 is 0 Å². The van der Waals surface area contributed by atoms with Gasteiger partial charge in [0.1, 0.15) is 0 Å². The predicted octanol–water partition coefficient (Wildman–Crippen LogP) is 4.36. The van der Waals surface area contributed by atoms with Crippen molar-refractivity contribution in [1.82, 2.24) is 9.88 Å². The highest BCUT2D eigenvalue weighted by atomic mass is 16.6. The third-order valence-electron chi connectivity index (χ3n) is 4.55. The summed E-state index contributed by atoms with van der Waals surface area (Å²) < 4.78 is 0. The zero-order valence-corrected chi connectivity index (χ0v) is 13.2. The van der Waals surface area contributed by atoms with Crippen molar-refractivity contribution in [3.63, 3.8) is 0 Å². The van der Waals surface area contributed by atoms with Gasteiger partial charge in [0.25, 0.3) is 5.69 Å². The number of rotatable bonds is 3. The summed E-state index contributed by atoms with van der Waals surface area (Å²) in [5.41, 5.74) is 1.41. The Morgan fingerprint density at radius 3 is 2.71 bits per heavy atom. The quantitative estimate of drug-likeness (QED) is 0.409. The Balaban J connectivity index is 1.95. The van der Waals surface area contributed by atoms with Gasteiger partial charge in [0.15, 0.2) is 0 Å². The van der Waals surface area contributed by atoms with Gasteiger partial charge in [-0.25, -0.2) is 0 Å². The van der Waals surface area contributed by atoms with Crippen LogP contribution >= 0.6 is 0 Å². The highest BCUT2D eigenvalue weighted by Gasteiger charge is 2.20. The Hall–Kier alpha value is -2.95. The molecule has 1 saturated heterocycles. The molecule has 0 unspecified atom stereocenters. The number of likely N-dealkylation sites (tertiary alicyclic amines) is 1. The molecule has 0 saturated carbocycles. The second-order valence-electron chi connectivity index (χ2n) is 6.06. The van der Waals surface area contributed by atoms with Crippen molar-refractivity contribution in [1.29, 1.82) is 0 Å². The molecule has 2 heterocycles. The fourth-order valence-electron chi connectivity index (χ4n) is 3.35. The lowest BCUT2D eigenvalue weighted by molar-refractivity contribution is -0.383. The molecule has 0 atom stereocenters. The fourth-order valence-corrected chi connectivity index (χ4v) is 3.35. The lowest BCUT2D eigenvalue weighted by Crippen LogP contribution is -2.10. The number of hydrogen-bond donors (Lipinski definition) is 0. The molecule has 0 aliphatic carbocycles. The van der Waals surface area contributed by atoms with E-state index in [2.05, 4.69) is 9.88 Å². The molecule has 2 aromatic carbocycles. The van der Waals surface area contributed by atoms with Crippen LogP contribution in [-0.4, -0.2) is 27.9 Å². The highest BCUT2D eigenvalue weighted by Crippen LogP contribution is 2.35. The second kappa shape index (κ2) is 5.92. The van der Waals surface area contributed by atoms with E-state index in [1.165, 1.54) is 12.8 Å². The summed E-state index contributed by atoms with van der Waals surface area (Å²) in [6.45, 7) is 2.03. The molecule has 120 valence electrons. The van der Waals surface area contributed by atoms with Gasteiger partial charge in [-0.1, -0.05) is 24.3 Å². The molecule has 3 aromatic rings. The standard InChI is InChI=1S/C19H17N3O2/c23-22(24)19-14(9-12-21-10-3-4-11-21)7-8-17-18(19)16-6-2-1-5-15(16)13-20-17/h1-2,5-9,12-13H,3-4,10-11H2/b12-9+. The highest BCUT2D eigenvalue weighted by molar-refractivity contribution is 6.11. The number of nitro benzene ring substituents is 1. The van der Waals surface area contributed by atoms with Crippen LogP contribution in [0.25, 0.3) is 27.8 Å². The summed E-state index contributed by atoms with van der Waals surface area (Å²) in [4.78, 5) is 18.1. The lowest BCUT2D eigenvalue weighted by Gasteiger charge is -2.11. The van der Waals surface area contributed by atoms with Gasteiger partial charge in [-0.3, -0.25) is 15.1 Å². The number of aromatic nitrogens is 1. The molecule has 5 heteroatoms. The smallest absolute Gasteiger partial charge is 0.286 e. The minimum Gasteiger partial charge on any atom is -0.377 e. The van der Waals surface area contributed by atoms with E-state index >= 15 is 0 Å². The first kappa shape index (κ1) is 14.6. The molecular weight excluding hydrogens is 302 g/mol. The van der Waals surface area contributed by atoms with Crippen LogP contribution in [0.15, 0.2) is 48.8 Å². The van der Waals surface area contributed by atoms with E-state index in [9.17, 15) is 10.1 Å². The molecule has 0 spiro atoms. The maximum absolute atomic E-state index is 11.8. The van der Waals surface area contributed by atoms with Gasteiger partial charge in [0, 0.05) is 24.7 Å². The van der Waals surface area contributed by atoms with E-state index in [4.69, 9.17) is 0 Å². The van der Waals surface area contributed by atoms with Crippen molar-refractivity contribution in [3.8, 4) is 0 Å². The van der Waals surface area contributed by atoms with Gasteiger partial charge in [0.2, 0.25) is 0 Å². The summed E-state index contributed by atoms with van der Waals surface area (Å²) in [5, 5.41) is 14.2. The van der Waals surface area contributed by atoms with Crippen LogP contribution in [0.2, 0.25) is 0 Å². The maximum atomic E-state index is 11.8. The lowest BCUT2D eigenvalue weighted by atomic mass is 10.0. The van der Waals surface area contributed by atoms with Gasteiger partial charge in [-0.05, 0) is 42.6 Å². The van der Waals surface area contributed by atoms with Crippen LogP contribution in [0.4, 0.5) is 5.69 Å². The average molecular weight is 319 g/mol. The zero-order valence-electron chi connectivity index (χ0n) is 13.2. The number of benzene rings is 2. The number of hydrogen-bond acceptors (Lipinski definition) is 4. The van der Waals surface area contributed by atoms with Crippen molar-refractivity contribution in [3.05, 3.63) is 64.5 Å². The first-order valence-corrected chi connectivity index (χ1v) is 8.11. The number of nitrogens with zero attached hydrogens (tertiary/aromatic N) is 3. The first-order chi connectivity index (χ1) is 11.7. The second-order valence-corrected chi connectivity index (χ2v) is 6.06. The summed E-state index contributed by atoms with van der Waals surface area (Å²) in [7, 11) is 0. The number of pyridine rings is 1. The molecule has 1 aliphatic heterocycles. The molecule has 0 N–H and O–H groups in total. The molecule has 0 amide bonds. The Bertz CT molecular complexity index is 959. The summed E-state index contributed by atoms with van der Waals surface area (Å²) in [6.07, 6.45) is 7.95. The van der Waals surface area contributed by atoms with Crippen molar-refractivity contribution < 1.29 is 4.92 Å². The van der Waals surface area contributed by atoms with Gasteiger partial charge in [0.05, 0.1) is 21.4 Å². The Kier molecular flexibility index (Phi) is 3.61. The molecule has 0 radical (unpaired) electrons. The van der Waals surface area contributed by atoms with Crippen LogP contribution in [-0.2, 0) is 0 Å². The molecule has 4 rings (SSSR count). The number of fused-ring (bicyclic) bond motifs is 3. The normalized spacial score (nSPS) is 14.9. The molecule has 5 nitrogen and oxygen atoms in total. The number of nitro groups is 1. The average Bonchev–Trinajstić information content (AvgIpc) is 3.12. The van der Waals surface area contributed by atoms with E-state index in [0.29, 0.717) is 16.5 Å². The minimum atomic E-state index is -0.292. The topological polar surface area (TPSA) is 59.3 Å². The summed E-state index contributed by atoms with van der Waals surface area (Å²) in [6, 6.07) is 11.3. The monoisotopic (exact) mass is 319 g/mol. The summed E-state index contributed by atoms with van der Waals surface area (Å²) >= 11 is 0. The Morgan fingerprint density at radius 1 is 1.12 bits per heavy atom. The van der Waals surface area contributed by atoms with Crippen LogP contribution in [0.1, 0.15) is 18.4 Å².